The van der Waals surface area contributed by atoms with Crippen molar-refractivity contribution >= 4 is 45.1 Å². The zero-order valence-corrected chi connectivity index (χ0v) is 15.5. The minimum absolute atomic E-state index is 0.0868. The van der Waals surface area contributed by atoms with Crippen molar-refractivity contribution in [2.75, 3.05) is 5.32 Å². The van der Waals surface area contributed by atoms with Crippen LogP contribution in [0.25, 0.3) is 27.4 Å². The molecule has 0 aliphatic heterocycles. The van der Waals surface area contributed by atoms with Crippen LogP contribution in [0.15, 0.2) is 72.8 Å². The molecule has 1 amide bonds. The zero-order chi connectivity index (χ0) is 19.1. The van der Waals surface area contributed by atoms with E-state index >= 15 is 0 Å². The number of nitrogens with one attached hydrogen (secondary N) is 1. The normalized spacial score (nSPS) is 12.4. The Hall–Kier alpha value is -3.57. The molecular weight excluding hydrogens is 368 g/mol. The first-order valence-electron chi connectivity index (χ1n) is 8.83. The van der Waals surface area contributed by atoms with Crippen LogP contribution >= 0.6 is 11.5 Å². The topological polar surface area (TPSA) is 59.1 Å². The molecule has 4 nitrogen and oxygen atoms in total. The molecule has 0 saturated carbocycles. The van der Waals surface area contributed by atoms with Crippen LogP contribution in [0.1, 0.15) is 21.5 Å². The summed E-state index contributed by atoms with van der Waals surface area (Å²) in [6.45, 7) is 0. The number of ketones is 1. The average molecular weight is 382 g/mol. The van der Waals surface area contributed by atoms with Crippen molar-refractivity contribution < 1.29 is 9.59 Å². The highest BCUT2D eigenvalue weighted by Crippen LogP contribution is 2.42. The van der Waals surface area contributed by atoms with Gasteiger partial charge in [-0.2, -0.15) is 4.37 Å². The maximum atomic E-state index is 13.2. The molecule has 0 unspecified atom stereocenters. The van der Waals surface area contributed by atoms with E-state index in [1.165, 1.54) is 17.6 Å². The van der Waals surface area contributed by atoms with Gasteiger partial charge in [0, 0.05) is 22.6 Å². The molecule has 1 aliphatic carbocycles. The van der Waals surface area contributed by atoms with Gasteiger partial charge < -0.3 is 5.32 Å². The van der Waals surface area contributed by atoms with Gasteiger partial charge in [0.05, 0.1) is 21.6 Å². The van der Waals surface area contributed by atoms with Crippen molar-refractivity contribution in [3.05, 3.63) is 89.5 Å². The van der Waals surface area contributed by atoms with Crippen LogP contribution in [0.3, 0.4) is 0 Å². The van der Waals surface area contributed by atoms with Gasteiger partial charge in [0.2, 0.25) is 5.91 Å². The first-order chi connectivity index (χ1) is 13.7. The van der Waals surface area contributed by atoms with E-state index in [0.29, 0.717) is 16.8 Å². The Bertz CT molecular complexity index is 1270. The fraction of sp³-hybridized carbons (Fsp3) is 0. The zero-order valence-electron chi connectivity index (χ0n) is 14.7. The van der Waals surface area contributed by atoms with Crippen molar-refractivity contribution in [3.8, 4) is 11.3 Å². The predicted molar refractivity (Wildman–Crippen MR) is 113 cm³/mol. The van der Waals surface area contributed by atoms with Crippen molar-refractivity contribution in [1.82, 2.24) is 4.37 Å². The molecule has 5 heteroatoms. The molecule has 3 aromatic carbocycles. The van der Waals surface area contributed by atoms with E-state index in [9.17, 15) is 9.59 Å². The van der Waals surface area contributed by atoms with Crippen molar-refractivity contribution in [1.29, 1.82) is 0 Å². The van der Waals surface area contributed by atoms with Gasteiger partial charge in [-0.3, -0.25) is 9.59 Å². The lowest BCUT2D eigenvalue weighted by Gasteiger charge is -2.18. The average Bonchev–Trinajstić information content (AvgIpc) is 3.16. The Morgan fingerprint density at radius 2 is 1.71 bits per heavy atom. The highest BCUT2D eigenvalue weighted by atomic mass is 32.1. The van der Waals surface area contributed by atoms with Gasteiger partial charge in [-0.25, -0.2) is 0 Å². The number of fused-ring (bicyclic) bond motifs is 2. The van der Waals surface area contributed by atoms with Crippen molar-refractivity contribution in [3.63, 3.8) is 0 Å². The van der Waals surface area contributed by atoms with E-state index in [2.05, 4.69) is 9.69 Å². The summed E-state index contributed by atoms with van der Waals surface area (Å²) in [4.78, 5) is 25.6. The van der Waals surface area contributed by atoms with E-state index in [0.717, 1.165) is 26.9 Å². The number of nitrogens with zero attached hydrogens (tertiary/aromatic N) is 1. The number of carbonyl (C=O) groups is 2. The van der Waals surface area contributed by atoms with Crippen LogP contribution in [0.5, 0.6) is 0 Å². The number of amides is 1. The van der Waals surface area contributed by atoms with Gasteiger partial charge in [-0.05, 0) is 35.3 Å². The van der Waals surface area contributed by atoms with Crippen LogP contribution in [0.2, 0.25) is 0 Å². The molecule has 1 aliphatic rings. The molecule has 1 heterocycles. The second-order valence-corrected chi connectivity index (χ2v) is 7.31. The van der Waals surface area contributed by atoms with Gasteiger partial charge in [0.25, 0.3) is 0 Å². The molecule has 0 atom stereocenters. The molecule has 1 aromatic heterocycles. The number of hydrogen-bond donors (Lipinski definition) is 1. The molecule has 0 radical (unpaired) electrons. The lowest BCUT2D eigenvalue weighted by molar-refractivity contribution is -0.111. The Kier molecular flexibility index (Phi) is 3.88. The summed E-state index contributed by atoms with van der Waals surface area (Å²) in [6, 6.07) is 20.7. The molecule has 0 bridgehead atoms. The van der Waals surface area contributed by atoms with Gasteiger partial charge in [0.15, 0.2) is 5.78 Å². The molecule has 1 N–H and O–H groups in total. The second kappa shape index (κ2) is 6.55. The molecule has 4 aromatic rings. The minimum Gasteiger partial charge on any atom is -0.322 e. The first-order valence-corrected chi connectivity index (χ1v) is 9.60. The van der Waals surface area contributed by atoms with Crippen LogP contribution in [0.4, 0.5) is 5.69 Å². The third-order valence-corrected chi connectivity index (χ3v) is 5.58. The van der Waals surface area contributed by atoms with E-state index in [1.54, 1.807) is 12.1 Å². The van der Waals surface area contributed by atoms with E-state index < -0.39 is 0 Å². The molecule has 0 fully saturated rings. The van der Waals surface area contributed by atoms with E-state index in [4.69, 9.17) is 0 Å². The van der Waals surface area contributed by atoms with Crippen LogP contribution < -0.4 is 5.32 Å². The Balaban J connectivity index is 1.53. The fourth-order valence-corrected chi connectivity index (χ4v) is 4.33. The number of benzene rings is 3. The summed E-state index contributed by atoms with van der Waals surface area (Å²) in [7, 11) is 0. The number of carbonyl (C=O) groups excluding carboxylic acids is 2. The maximum absolute atomic E-state index is 13.2. The van der Waals surface area contributed by atoms with E-state index in [-0.39, 0.29) is 11.7 Å². The lowest BCUT2D eigenvalue weighted by atomic mass is 9.86. The second-order valence-electron chi connectivity index (χ2n) is 6.50. The lowest BCUT2D eigenvalue weighted by Crippen LogP contribution is -2.16. The summed E-state index contributed by atoms with van der Waals surface area (Å²) in [6.07, 6.45) is 3.21. The largest absolute Gasteiger partial charge is 0.322 e. The highest BCUT2D eigenvalue weighted by Gasteiger charge is 2.29. The number of hydrogen-bond acceptors (Lipinski definition) is 4. The first kappa shape index (κ1) is 16.6. The van der Waals surface area contributed by atoms with Gasteiger partial charge >= 0.3 is 0 Å². The maximum Gasteiger partial charge on any atom is 0.248 e. The summed E-state index contributed by atoms with van der Waals surface area (Å²) in [5.74, 6) is -0.372. The van der Waals surface area contributed by atoms with Crippen LogP contribution in [0, 0.1) is 0 Å². The molecule has 134 valence electrons. The highest BCUT2D eigenvalue weighted by molar-refractivity contribution is 7.13. The Labute approximate surface area is 165 Å². The van der Waals surface area contributed by atoms with Crippen molar-refractivity contribution in [2.24, 2.45) is 0 Å². The molecule has 28 heavy (non-hydrogen) atoms. The van der Waals surface area contributed by atoms with Gasteiger partial charge in [-0.15, -0.1) is 0 Å². The smallest absolute Gasteiger partial charge is 0.248 e. The Morgan fingerprint density at radius 1 is 0.929 bits per heavy atom. The summed E-state index contributed by atoms with van der Waals surface area (Å²) in [5.41, 5.74) is 4.13. The number of anilines is 1. The minimum atomic E-state index is -0.285. The van der Waals surface area contributed by atoms with Gasteiger partial charge in [-0.1, -0.05) is 54.6 Å². The summed E-state index contributed by atoms with van der Waals surface area (Å²) in [5, 5.41) is 3.76. The quantitative estimate of drug-likeness (QED) is 0.439. The van der Waals surface area contributed by atoms with Crippen molar-refractivity contribution in [2.45, 2.75) is 0 Å². The third kappa shape index (κ3) is 2.64. The molecular formula is C23H14N2O2S. The Morgan fingerprint density at radius 3 is 2.57 bits per heavy atom. The predicted octanol–water partition coefficient (Wildman–Crippen LogP) is 5.16. The summed E-state index contributed by atoms with van der Waals surface area (Å²) >= 11 is 1.38. The van der Waals surface area contributed by atoms with Crippen LogP contribution in [-0.4, -0.2) is 16.1 Å². The number of rotatable bonds is 3. The molecule has 0 spiro atoms. The van der Waals surface area contributed by atoms with E-state index in [1.807, 2.05) is 60.7 Å². The fourth-order valence-electron chi connectivity index (χ4n) is 3.51. The third-order valence-electron chi connectivity index (χ3n) is 4.77. The number of aromatic nitrogens is 1. The standard InChI is InChI=1S/C23H14N2O2S/c26-19(13-12-14-6-2-1-3-7-14)24-17-10-4-8-15-20(17)23(27)16-9-5-11-18-21(16)22(15)25-28-18/h1-13H,(H,24,26). The van der Waals surface area contributed by atoms with Crippen LogP contribution in [-0.2, 0) is 4.79 Å². The van der Waals surface area contributed by atoms with Gasteiger partial charge in [0.1, 0.15) is 0 Å². The monoisotopic (exact) mass is 382 g/mol. The molecule has 5 rings (SSSR count). The summed E-state index contributed by atoms with van der Waals surface area (Å²) < 4.78 is 5.55. The molecule has 0 saturated heterocycles. The SMILES string of the molecule is O=C(C=Cc1ccccc1)Nc1cccc2c1C(=O)c1cccc3snc-2c13.